The van der Waals surface area contributed by atoms with E-state index in [0.29, 0.717) is 16.9 Å². The number of hydrogen-bond acceptors (Lipinski definition) is 6. The minimum absolute atomic E-state index is 0.121. The molecule has 0 aliphatic carbocycles. The van der Waals surface area contributed by atoms with Crippen molar-refractivity contribution in [2.45, 2.75) is 19.5 Å². The molecule has 0 saturated heterocycles. The summed E-state index contributed by atoms with van der Waals surface area (Å²) in [5.41, 5.74) is 1.80. The Hall–Kier alpha value is -3.75. The fourth-order valence-electron chi connectivity index (χ4n) is 2.87. The molecule has 9 nitrogen and oxygen atoms in total. The molecule has 0 aliphatic heterocycles. The quantitative estimate of drug-likeness (QED) is 0.574. The van der Waals surface area contributed by atoms with Gasteiger partial charge in [-0.05, 0) is 41.6 Å². The maximum Gasteiger partial charge on any atom is 0.420 e. The van der Waals surface area contributed by atoms with Crippen molar-refractivity contribution in [2.24, 2.45) is 0 Å². The number of rotatable bonds is 5. The second-order valence-electron chi connectivity index (χ2n) is 5.94. The predicted octanol–water partition coefficient (Wildman–Crippen LogP) is 1.45. The Balaban J connectivity index is 1.53. The van der Waals surface area contributed by atoms with Gasteiger partial charge in [0, 0.05) is 0 Å². The number of oxazole rings is 1. The molecular weight excluding hydrogens is 348 g/mol. The first-order chi connectivity index (χ1) is 13.1. The van der Waals surface area contributed by atoms with E-state index in [-0.39, 0.29) is 12.5 Å². The number of amides is 1. The fraction of sp³-hybridized carbons (Fsp3) is 0.167. The van der Waals surface area contributed by atoms with Gasteiger partial charge in [-0.25, -0.2) is 4.79 Å². The second kappa shape index (κ2) is 6.87. The zero-order valence-corrected chi connectivity index (χ0v) is 14.4. The first kappa shape index (κ1) is 16.7. The van der Waals surface area contributed by atoms with Gasteiger partial charge in [-0.3, -0.25) is 9.36 Å². The Labute approximate surface area is 153 Å². The largest absolute Gasteiger partial charge is 0.420 e. The number of hydrogen-bond donors (Lipinski definition) is 1. The SMILES string of the molecule is C[C@H](C(=O)NCc1nnnn1-c1ccccc1)n1c(=O)oc2ccccc21. The topological polar surface area (TPSA) is 108 Å². The molecule has 4 rings (SSSR count). The van der Waals surface area contributed by atoms with Crippen molar-refractivity contribution in [3.63, 3.8) is 0 Å². The van der Waals surface area contributed by atoms with E-state index in [1.54, 1.807) is 35.9 Å². The van der Waals surface area contributed by atoms with E-state index >= 15 is 0 Å². The molecule has 136 valence electrons. The molecule has 2 aromatic carbocycles. The normalized spacial score (nSPS) is 12.2. The van der Waals surface area contributed by atoms with Crippen LogP contribution in [0.3, 0.4) is 0 Å². The van der Waals surface area contributed by atoms with E-state index in [9.17, 15) is 9.59 Å². The van der Waals surface area contributed by atoms with Crippen molar-refractivity contribution in [3.05, 3.63) is 71.0 Å². The Kier molecular flexibility index (Phi) is 4.25. The lowest BCUT2D eigenvalue weighted by Crippen LogP contribution is -2.34. The van der Waals surface area contributed by atoms with Gasteiger partial charge in [0.25, 0.3) is 0 Å². The van der Waals surface area contributed by atoms with Gasteiger partial charge in [0.2, 0.25) is 5.91 Å². The number of aromatic nitrogens is 5. The summed E-state index contributed by atoms with van der Waals surface area (Å²) < 4.78 is 8.06. The summed E-state index contributed by atoms with van der Waals surface area (Å²) in [7, 11) is 0. The van der Waals surface area contributed by atoms with Crippen molar-refractivity contribution in [3.8, 4) is 5.69 Å². The van der Waals surface area contributed by atoms with Gasteiger partial charge in [0.15, 0.2) is 11.4 Å². The lowest BCUT2D eigenvalue weighted by Gasteiger charge is -2.13. The third kappa shape index (κ3) is 3.10. The van der Waals surface area contributed by atoms with Crippen LogP contribution in [0, 0.1) is 0 Å². The summed E-state index contributed by atoms with van der Waals surface area (Å²) in [5.74, 6) is -0.439. The number of benzene rings is 2. The van der Waals surface area contributed by atoms with Crippen LogP contribution in [0.2, 0.25) is 0 Å². The monoisotopic (exact) mass is 364 g/mol. The Morgan fingerprint density at radius 3 is 2.70 bits per heavy atom. The van der Waals surface area contributed by atoms with Gasteiger partial charge in [0.1, 0.15) is 6.04 Å². The van der Waals surface area contributed by atoms with Crippen LogP contribution in [0.1, 0.15) is 18.8 Å². The molecular formula is C18H16N6O3. The van der Waals surface area contributed by atoms with Gasteiger partial charge in [0.05, 0.1) is 17.7 Å². The van der Waals surface area contributed by atoms with Gasteiger partial charge in [-0.2, -0.15) is 4.68 Å². The smallest absolute Gasteiger partial charge is 0.408 e. The van der Waals surface area contributed by atoms with Crippen LogP contribution in [0.15, 0.2) is 63.8 Å². The Bertz CT molecular complexity index is 1140. The van der Waals surface area contributed by atoms with Crippen LogP contribution in [0.4, 0.5) is 0 Å². The summed E-state index contributed by atoms with van der Waals surface area (Å²) in [6, 6.07) is 15.6. The molecule has 1 amide bonds. The fourth-order valence-corrected chi connectivity index (χ4v) is 2.87. The minimum atomic E-state index is -0.748. The maximum absolute atomic E-state index is 12.6. The van der Waals surface area contributed by atoms with Crippen molar-refractivity contribution in [1.82, 2.24) is 30.1 Å². The molecule has 9 heteroatoms. The van der Waals surface area contributed by atoms with E-state index < -0.39 is 11.8 Å². The molecule has 0 spiro atoms. The molecule has 0 radical (unpaired) electrons. The second-order valence-corrected chi connectivity index (χ2v) is 5.94. The van der Waals surface area contributed by atoms with E-state index in [0.717, 1.165) is 5.69 Å². The summed E-state index contributed by atoms with van der Waals surface area (Å²) in [6.07, 6.45) is 0. The van der Waals surface area contributed by atoms with Crippen LogP contribution < -0.4 is 11.1 Å². The third-order valence-electron chi connectivity index (χ3n) is 4.24. The summed E-state index contributed by atoms with van der Waals surface area (Å²) in [5, 5.41) is 14.3. The summed E-state index contributed by atoms with van der Waals surface area (Å²) in [4.78, 5) is 24.7. The highest BCUT2D eigenvalue weighted by atomic mass is 16.4. The number of carbonyl (C=O) groups excluding carboxylic acids is 1. The summed E-state index contributed by atoms with van der Waals surface area (Å²) in [6.45, 7) is 1.76. The van der Waals surface area contributed by atoms with Crippen LogP contribution in [0.25, 0.3) is 16.8 Å². The van der Waals surface area contributed by atoms with Gasteiger partial charge in [-0.15, -0.1) is 5.10 Å². The predicted molar refractivity (Wildman–Crippen MR) is 96.2 cm³/mol. The number of para-hydroxylation sites is 3. The molecule has 0 bridgehead atoms. The average molecular weight is 364 g/mol. The number of carbonyl (C=O) groups is 1. The summed E-state index contributed by atoms with van der Waals surface area (Å²) >= 11 is 0. The minimum Gasteiger partial charge on any atom is -0.408 e. The number of fused-ring (bicyclic) bond motifs is 1. The Morgan fingerprint density at radius 2 is 1.89 bits per heavy atom. The van der Waals surface area contributed by atoms with Crippen molar-refractivity contribution in [2.75, 3.05) is 0 Å². The van der Waals surface area contributed by atoms with E-state index in [4.69, 9.17) is 4.42 Å². The molecule has 4 aromatic rings. The zero-order chi connectivity index (χ0) is 18.8. The molecule has 1 atom stereocenters. The van der Waals surface area contributed by atoms with Crippen LogP contribution in [0.5, 0.6) is 0 Å². The first-order valence-corrected chi connectivity index (χ1v) is 8.35. The highest BCUT2D eigenvalue weighted by Gasteiger charge is 2.21. The van der Waals surface area contributed by atoms with Gasteiger partial charge < -0.3 is 9.73 Å². The van der Waals surface area contributed by atoms with E-state index in [2.05, 4.69) is 20.8 Å². The molecule has 0 unspecified atom stereocenters. The number of tetrazole rings is 1. The lowest BCUT2D eigenvalue weighted by atomic mass is 10.2. The van der Waals surface area contributed by atoms with Crippen LogP contribution in [-0.4, -0.2) is 30.7 Å². The van der Waals surface area contributed by atoms with Gasteiger partial charge in [-0.1, -0.05) is 30.3 Å². The van der Waals surface area contributed by atoms with E-state index in [1.165, 1.54) is 4.57 Å². The van der Waals surface area contributed by atoms with Crippen molar-refractivity contribution >= 4 is 17.0 Å². The Morgan fingerprint density at radius 1 is 1.15 bits per heavy atom. The lowest BCUT2D eigenvalue weighted by molar-refractivity contribution is -0.124. The maximum atomic E-state index is 12.6. The average Bonchev–Trinajstić information content (AvgIpc) is 3.29. The van der Waals surface area contributed by atoms with Gasteiger partial charge >= 0.3 is 5.76 Å². The molecule has 0 saturated carbocycles. The zero-order valence-electron chi connectivity index (χ0n) is 14.4. The highest BCUT2D eigenvalue weighted by molar-refractivity contribution is 5.82. The van der Waals surface area contributed by atoms with E-state index in [1.807, 2.05) is 30.3 Å². The molecule has 0 fully saturated rings. The third-order valence-corrected chi connectivity index (χ3v) is 4.24. The van der Waals surface area contributed by atoms with Crippen molar-refractivity contribution < 1.29 is 9.21 Å². The number of nitrogens with one attached hydrogen (secondary N) is 1. The molecule has 1 N–H and O–H groups in total. The molecule has 27 heavy (non-hydrogen) atoms. The van der Waals surface area contributed by atoms with Crippen LogP contribution in [-0.2, 0) is 11.3 Å². The highest BCUT2D eigenvalue weighted by Crippen LogP contribution is 2.16. The molecule has 2 aromatic heterocycles. The first-order valence-electron chi connectivity index (χ1n) is 8.35. The van der Waals surface area contributed by atoms with Crippen LogP contribution >= 0.6 is 0 Å². The molecule has 0 aliphatic rings. The standard InChI is InChI=1S/C18H16N6O3/c1-12(23-14-9-5-6-10-15(14)27-18(23)26)17(25)19-11-16-20-21-22-24(16)13-7-3-2-4-8-13/h2-10,12H,11H2,1H3,(H,19,25)/t12-/m1/s1. The molecule has 2 heterocycles. The van der Waals surface area contributed by atoms with Crippen molar-refractivity contribution in [1.29, 1.82) is 0 Å². The number of nitrogens with zero attached hydrogens (tertiary/aromatic N) is 5.